The average molecular weight is 400 g/mol. The topological polar surface area (TPSA) is 40.6 Å². The largest absolute Gasteiger partial charge is 0.337 e. The summed E-state index contributed by atoms with van der Waals surface area (Å²) >= 11 is 0. The molecular weight excluding hydrogens is 379 g/mol. The standard InChI is InChI=1S/C25H21FN2O2/c1-2-27(21-11-7-4-8-12-21)23-22(19-13-15-20(26)16-14-19)24(29)28(25(23)30)17-18-9-5-3-6-10-18/h3-16H,2,17H2,1H3. The van der Waals surface area contributed by atoms with Crippen molar-refractivity contribution in [2.45, 2.75) is 13.5 Å². The molecule has 0 radical (unpaired) electrons. The summed E-state index contributed by atoms with van der Waals surface area (Å²) in [5.41, 5.74) is 2.81. The fraction of sp³-hybridized carbons (Fsp3) is 0.120. The van der Waals surface area contributed by atoms with Gasteiger partial charge in [0.1, 0.15) is 11.5 Å². The number of hydrogen-bond donors (Lipinski definition) is 0. The second-order valence-corrected chi connectivity index (χ2v) is 6.99. The third kappa shape index (κ3) is 3.62. The third-order valence-electron chi connectivity index (χ3n) is 5.11. The van der Waals surface area contributed by atoms with E-state index in [4.69, 9.17) is 0 Å². The molecule has 3 aromatic rings. The summed E-state index contributed by atoms with van der Waals surface area (Å²) in [4.78, 5) is 30.0. The first-order valence-corrected chi connectivity index (χ1v) is 9.83. The van der Waals surface area contributed by atoms with Gasteiger partial charge in [-0.25, -0.2) is 4.39 Å². The highest BCUT2D eigenvalue weighted by Gasteiger charge is 2.41. The molecule has 5 heteroatoms. The minimum Gasteiger partial charge on any atom is -0.337 e. The summed E-state index contributed by atoms with van der Waals surface area (Å²) in [6.07, 6.45) is 0. The van der Waals surface area contributed by atoms with Crippen molar-refractivity contribution >= 4 is 23.1 Å². The Kier molecular flexibility index (Phi) is 5.44. The van der Waals surface area contributed by atoms with Gasteiger partial charge in [0.05, 0.1) is 12.1 Å². The van der Waals surface area contributed by atoms with Crippen LogP contribution in [0.15, 0.2) is 90.6 Å². The third-order valence-corrected chi connectivity index (χ3v) is 5.11. The molecule has 0 spiro atoms. The van der Waals surface area contributed by atoms with E-state index in [2.05, 4.69) is 0 Å². The number of amides is 2. The number of benzene rings is 3. The first-order chi connectivity index (χ1) is 14.6. The molecule has 1 heterocycles. The molecule has 1 aliphatic rings. The predicted octanol–water partition coefficient (Wildman–Crippen LogP) is 4.63. The summed E-state index contributed by atoms with van der Waals surface area (Å²) in [5, 5.41) is 0. The number of carbonyl (C=O) groups is 2. The molecule has 3 aromatic carbocycles. The van der Waals surface area contributed by atoms with Crippen LogP contribution < -0.4 is 4.90 Å². The Bertz CT molecular complexity index is 1090. The molecular formula is C25H21FN2O2. The van der Waals surface area contributed by atoms with Gasteiger partial charge >= 0.3 is 0 Å². The van der Waals surface area contributed by atoms with Crippen LogP contribution in [0, 0.1) is 5.82 Å². The molecule has 0 N–H and O–H groups in total. The predicted molar refractivity (Wildman–Crippen MR) is 115 cm³/mol. The van der Waals surface area contributed by atoms with Crippen molar-refractivity contribution in [2.24, 2.45) is 0 Å². The van der Waals surface area contributed by atoms with Gasteiger partial charge in [-0.3, -0.25) is 14.5 Å². The lowest BCUT2D eigenvalue weighted by molar-refractivity contribution is -0.137. The van der Waals surface area contributed by atoms with Crippen LogP contribution in [0.5, 0.6) is 0 Å². The number of carbonyl (C=O) groups excluding carboxylic acids is 2. The van der Waals surface area contributed by atoms with Crippen molar-refractivity contribution in [1.29, 1.82) is 0 Å². The SMILES string of the molecule is CCN(C1=C(c2ccc(F)cc2)C(=O)N(Cc2ccccc2)C1=O)c1ccccc1. The Morgan fingerprint density at radius 2 is 1.40 bits per heavy atom. The molecule has 0 unspecified atom stereocenters. The summed E-state index contributed by atoms with van der Waals surface area (Å²) in [6.45, 7) is 2.61. The van der Waals surface area contributed by atoms with Crippen molar-refractivity contribution in [1.82, 2.24) is 4.90 Å². The Morgan fingerprint density at radius 1 is 0.800 bits per heavy atom. The van der Waals surface area contributed by atoms with Crippen molar-refractivity contribution in [3.05, 3.63) is 108 Å². The van der Waals surface area contributed by atoms with E-state index in [0.29, 0.717) is 23.4 Å². The number of rotatable bonds is 6. The van der Waals surface area contributed by atoms with Crippen molar-refractivity contribution < 1.29 is 14.0 Å². The molecule has 0 saturated heterocycles. The summed E-state index contributed by atoms with van der Waals surface area (Å²) in [5.74, 6) is -1.12. The summed E-state index contributed by atoms with van der Waals surface area (Å²) in [7, 11) is 0. The van der Waals surface area contributed by atoms with Crippen LogP contribution in [0.1, 0.15) is 18.1 Å². The van der Waals surface area contributed by atoms with Gasteiger partial charge in [-0.1, -0.05) is 60.7 Å². The highest BCUT2D eigenvalue weighted by Crippen LogP contribution is 2.35. The Hall–Kier alpha value is -3.73. The van der Waals surface area contributed by atoms with Crippen molar-refractivity contribution in [3.8, 4) is 0 Å². The van der Waals surface area contributed by atoms with Crippen molar-refractivity contribution in [2.75, 3.05) is 11.4 Å². The van der Waals surface area contributed by atoms with Gasteiger partial charge in [0, 0.05) is 12.2 Å². The van der Waals surface area contributed by atoms with E-state index in [9.17, 15) is 14.0 Å². The molecule has 0 bridgehead atoms. The molecule has 0 aliphatic carbocycles. The minimum absolute atomic E-state index is 0.180. The number of nitrogens with zero attached hydrogens (tertiary/aromatic N) is 2. The molecule has 4 rings (SSSR count). The molecule has 30 heavy (non-hydrogen) atoms. The fourth-order valence-corrected chi connectivity index (χ4v) is 3.68. The number of halogens is 1. The highest BCUT2D eigenvalue weighted by atomic mass is 19.1. The fourth-order valence-electron chi connectivity index (χ4n) is 3.68. The van der Waals surface area contributed by atoms with E-state index in [0.717, 1.165) is 11.3 Å². The highest BCUT2D eigenvalue weighted by molar-refractivity contribution is 6.36. The van der Waals surface area contributed by atoms with E-state index >= 15 is 0 Å². The van der Waals surface area contributed by atoms with Crippen LogP contribution in [0.4, 0.5) is 10.1 Å². The van der Waals surface area contributed by atoms with E-state index in [1.165, 1.54) is 17.0 Å². The van der Waals surface area contributed by atoms with Gasteiger partial charge in [-0.2, -0.15) is 0 Å². The second-order valence-electron chi connectivity index (χ2n) is 6.99. The number of imide groups is 1. The molecule has 0 fully saturated rings. The monoisotopic (exact) mass is 400 g/mol. The van der Waals surface area contributed by atoms with Crippen LogP contribution in [-0.2, 0) is 16.1 Å². The first kappa shape index (κ1) is 19.6. The zero-order chi connectivity index (χ0) is 21.1. The van der Waals surface area contributed by atoms with Gasteiger partial charge in [-0.05, 0) is 42.3 Å². The second kappa shape index (κ2) is 8.33. The van der Waals surface area contributed by atoms with E-state index in [-0.39, 0.29) is 18.4 Å². The minimum atomic E-state index is -0.394. The van der Waals surface area contributed by atoms with E-state index in [1.807, 2.05) is 72.5 Å². The molecule has 0 atom stereocenters. The number of hydrogen-bond acceptors (Lipinski definition) is 3. The van der Waals surface area contributed by atoms with Crippen LogP contribution >= 0.6 is 0 Å². The van der Waals surface area contributed by atoms with Crippen LogP contribution in [0.2, 0.25) is 0 Å². The molecule has 0 saturated carbocycles. The van der Waals surface area contributed by atoms with E-state index in [1.54, 1.807) is 12.1 Å². The number of anilines is 1. The van der Waals surface area contributed by atoms with Crippen LogP contribution in [0.25, 0.3) is 5.57 Å². The quantitative estimate of drug-likeness (QED) is 0.567. The average Bonchev–Trinajstić information content (AvgIpc) is 3.01. The zero-order valence-corrected chi connectivity index (χ0v) is 16.6. The molecule has 1 aliphatic heterocycles. The molecule has 150 valence electrons. The first-order valence-electron chi connectivity index (χ1n) is 9.83. The van der Waals surface area contributed by atoms with Gasteiger partial charge < -0.3 is 4.90 Å². The molecule has 2 amide bonds. The van der Waals surface area contributed by atoms with Gasteiger partial charge in [0.2, 0.25) is 0 Å². The lowest BCUT2D eigenvalue weighted by Gasteiger charge is -2.25. The normalized spacial score (nSPS) is 13.9. The Labute approximate surface area is 174 Å². The summed E-state index contributed by atoms with van der Waals surface area (Å²) in [6, 6.07) is 24.6. The van der Waals surface area contributed by atoms with Crippen LogP contribution in [-0.4, -0.2) is 23.3 Å². The van der Waals surface area contributed by atoms with Crippen molar-refractivity contribution in [3.63, 3.8) is 0 Å². The van der Waals surface area contributed by atoms with Crippen LogP contribution in [0.3, 0.4) is 0 Å². The Balaban J connectivity index is 1.82. The molecule has 4 nitrogen and oxygen atoms in total. The van der Waals surface area contributed by atoms with E-state index < -0.39 is 5.82 Å². The lowest BCUT2D eigenvalue weighted by atomic mass is 10.0. The number of para-hydroxylation sites is 1. The number of likely N-dealkylation sites (N-methyl/N-ethyl adjacent to an activating group) is 1. The smallest absolute Gasteiger partial charge is 0.278 e. The maximum atomic E-state index is 13.5. The van der Waals surface area contributed by atoms with Gasteiger partial charge in [-0.15, -0.1) is 0 Å². The van der Waals surface area contributed by atoms with Gasteiger partial charge in [0.25, 0.3) is 11.8 Å². The zero-order valence-electron chi connectivity index (χ0n) is 16.6. The maximum absolute atomic E-state index is 13.5. The molecule has 0 aromatic heterocycles. The van der Waals surface area contributed by atoms with Gasteiger partial charge in [0.15, 0.2) is 0 Å². The summed E-state index contributed by atoms with van der Waals surface area (Å²) < 4.78 is 13.5. The maximum Gasteiger partial charge on any atom is 0.278 e. The Morgan fingerprint density at radius 3 is 2.00 bits per heavy atom. The lowest BCUT2D eigenvalue weighted by Crippen LogP contribution is -2.34.